The van der Waals surface area contributed by atoms with Crippen LogP contribution in [-0.4, -0.2) is 12.7 Å². The number of halogens is 1. The Balaban J connectivity index is 3.02. The summed E-state index contributed by atoms with van der Waals surface area (Å²) in [4.78, 5) is 0. The van der Waals surface area contributed by atoms with Gasteiger partial charge in [0.25, 0.3) is 0 Å². The molecule has 0 saturated heterocycles. The Kier molecular flexibility index (Phi) is 4.41. The standard InChI is InChI=1S/C12H19FN2O/c1-4-12(2,16-3)11(15-14)9-5-7-10(13)8-6-9/h5-8,11,15H,4,14H2,1-3H3. The number of rotatable bonds is 5. The number of nitrogens with one attached hydrogen (secondary N) is 1. The third-order valence-electron chi connectivity index (χ3n) is 3.15. The average molecular weight is 226 g/mol. The van der Waals surface area contributed by atoms with Gasteiger partial charge in [-0.3, -0.25) is 11.3 Å². The Morgan fingerprint density at radius 3 is 2.38 bits per heavy atom. The number of hydrogen-bond acceptors (Lipinski definition) is 3. The maximum atomic E-state index is 12.8. The highest BCUT2D eigenvalue weighted by molar-refractivity contribution is 5.22. The molecule has 90 valence electrons. The Bertz CT molecular complexity index is 322. The van der Waals surface area contributed by atoms with Crippen LogP contribution in [0, 0.1) is 5.82 Å². The molecule has 1 aromatic carbocycles. The zero-order valence-corrected chi connectivity index (χ0v) is 9.96. The van der Waals surface area contributed by atoms with Crippen molar-refractivity contribution in [2.24, 2.45) is 5.84 Å². The molecular formula is C12H19FN2O. The van der Waals surface area contributed by atoms with Crippen molar-refractivity contribution in [2.45, 2.75) is 31.9 Å². The van der Waals surface area contributed by atoms with Crippen molar-refractivity contribution < 1.29 is 9.13 Å². The first-order chi connectivity index (χ1) is 7.57. The average Bonchev–Trinajstić information content (AvgIpc) is 2.32. The fourth-order valence-electron chi connectivity index (χ4n) is 1.75. The van der Waals surface area contributed by atoms with Crippen LogP contribution in [0.1, 0.15) is 31.9 Å². The second kappa shape index (κ2) is 5.39. The molecule has 3 nitrogen and oxygen atoms in total. The van der Waals surface area contributed by atoms with E-state index < -0.39 is 5.60 Å². The van der Waals surface area contributed by atoms with Gasteiger partial charge >= 0.3 is 0 Å². The van der Waals surface area contributed by atoms with E-state index in [2.05, 4.69) is 5.43 Å². The molecule has 0 aliphatic heterocycles. The number of nitrogens with two attached hydrogens (primary N) is 1. The third-order valence-corrected chi connectivity index (χ3v) is 3.15. The fourth-order valence-corrected chi connectivity index (χ4v) is 1.75. The van der Waals surface area contributed by atoms with Gasteiger partial charge in [0.15, 0.2) is 0 Å². The molecule has 0 aromatic heterocycles. The van der Waals surface area contributed by atoms with Crippen LogP contribution in [0.2, 0.25) is 0 Å². The van der Waals surface area contributed by atoms with E-state index in [0.717, 1.165) is 12.0 Å². The lowest BCUT2D eigenvalue weighted by atomic mass is 9.88. The molecule has 0 aliphatic rings. The zero-order valence-electron chi connectivity index (χ0n) is 9.96. The summed E-state index contributed by atoms with van der Waals surface area (Å²) in [5.41, 5.74) is 3.23. The summed E-state index contributed by atoms with van der Waals surface area (Å²) in [6.45, 7) is 4.00. The summed E-state index contributed by atoms with van der Waals surface area (Å²) in [6, 6.07) is 6.11. The largest absolute Gasteiger partial charge is 0.376 e. The van der Waals surface area contributed by atoms with Crippen LogP contribution in [0.5, 0.6) is 0 Å². The Labute approximate surface area is 95.8 Å². The van der Waals surface area contributed by atoms with Gasteiger partial charge in [-0.25, -0.2) is 4.39 Å². The Morgan fingerprint density at radius 2 is 2.00 bits per heavy atom. The molecule has 2 unspecified atom stereocenters. The van der Waals surface area contributed by atoms with E-state index in [1.54, 1.807) is 19.2 Å². The van der Waals surface area contributed by atoms with Gasteiger partial charge in [-0.05, 0) is 31.0 Å². The van der Waals surface area contributed by atoms with Crippen molar-refractivity contribution >= 4 is 0 Å². The van der Waals surface area contributed by atoms with Gasteiger partial charge < -0.3 is 4.74 Å². The molecule has 0 aliphatic carbocycles. The Hall–Kier alpha value is -0.970. The highest BCUT2D eigenvalue weighted by Gasteiger charge is 2.32. The minimum absolute atomic E-state index is 0.164. The lowest BCUT2D eigenvalue weighted by molar-refractivity contribution is -0.0300. The summed E-state index contributed by atoms with van der Waals surface area (Å²) >= 11 is 0. The molecule has 2 atom stereocenters. The number of hydrogen-bond donors (Lipinski definition) is 2. The highest BCUT2D eigenvalue weighted by atomic mass is 19.1. The maximum Gasteiger partial charge on any atom is 0.123 e. The van der Waals surface area contributed by atoms with Crippen molar-refractivity contribution in [1.82, 2.24) is 5.43 Å². The second-order valence-electron chi connectivity index (χ2n) is 4.02. The highest BCUT2D eigenvalue weighted by Crippen LogP contribution is 2.30. The smallest absolute Gasteiger partial charge is 0.123 e. The molecule has 1 rings (SSSR count). The van der Waals surface area contributed by atoms with Crippen molar-refractivity contribution in [3.8, 4) is 0 Å². The molecule has 0 radical (unpaired) electrons. The van der Waals surface area contributed by atoms with Crippen molar-refractivity contribution in [1.29, 1.82) is 0 Å². The van der Waals surface area contributed by atoms with E-state index >= 15 is 0 Å². The molecule has 0 spiro atoms. The summed E-state index contributed by atoms with van der Waals surface area (Å²) in [5.74, 6) is 5.30. The maximum absolute atomic E-state index is 12.8. The van der Waals surface area contributed by atoms with Crippen molar-refractivity contribution in [2.75, 3.05) is 7.11 Å². The lowest BCUT2D eigenvalue weighted by Crippen LogP contribution is -2.45. The van der Waals surface area contributed by atoms with Crippen LogP contribution in [-0.2, 0) is 4.74 Å². The number of ether oxygens (including phenoxy) is 1. The quantitative estimate of drug-likeness (QED) is 0.597. The predicted octanol–water partition coefficient (Wildman–Crippen LogP) is 2.15. The van der Waals surface area contributed by atoms with Gasteiger partial charge in [-0.15, -0.1) is 0 Å². The molecule has 3 N–H and O–H groups in total. The van der Waals surface area contributed by atoms with Gasteiger partial charge in [-0.2, -0.15) is 0 Å². The van der Waals surface area contributed by atoms with Crippen molar-refractivity contribution in [3.63, 3.8) is 0 Å². The summed E-state index contributed by atoms with van der Waals surface area (Å²) < 4.78 is 18.3. The van der Waals surface area contributed by atoms with E-state index in [9.17, 15) is 4.39 Å². The van der Waals surface area contributed by atoms with Gasteiger partial charge in [0.1, 0.15) is 5.82 Å². The minimum atomic E-state index is -0.410. The van der Waals surface area contributed by atoms with Gasteiger partial charge in [0, 0.05) is 7.11 Å². The second-order valence-corrected chi connectivity index (χ2v) is 4.02. The predicted molar refractivity (Wildman–Crippen MR) is 62.2 cm³/mol. The van der Waals surface area contributed by atoms with Gasteiger partial charge in [0.05, 0.1) is 11.6 Å². The van der Waals surface area contributed by atoms with E-state index in [0.29, 0.717) is 0 Å². The summed E-state index contributed by atoms with van der Waals surface area (Å²) in [7, 11) is 1.65. The molecule has 0 bridgehead atoms. The molecule has 0 heterocycles. The molecule has 4 heteroatoms. The van der Waals surface area contributed by atoms with Crippen molar-refractivity contribution in [3.05, 3.63) is 35.6 Å². The van der Waals surface area contributed by atoms with Gasteiger partial charge in [0.2, 0.25) is 0 Å². The minimum Gasteiger partial charge on any atom is -0.376 e. The number of hydrazine groups is 1. The fraction of sp³-hybridized carbons (Fsp3) is 0.500. The Morgan fingerprint density at radius 1 is 1.44 bits per heavy atom. The monoisotopic (exact) mass is 226 g/mol. The van der Waals surface area contributed by atoms with Gasteiger partial charge in [-0.1, -0.05) is 19.1 Å². The van der Waals surface area contributed by atoms with E-state index in [1.807, 2.05) is 13.8 Å². The van der Waals surface area contributed by atoms with Crippen LogP contribution in [0.3, 0.4) is 0 Å². The molecule has 0 amide bonds. The molecule has 16 heavy (non-hydrogen) atoms. The zero-order chi connectivity index (χ0) is 12.2. The number of benzene rings is 1. The van der Waals surface area contributed by atoms with Crippen LogP contribution in [0.15, 0.2) is 24.3 Å². The van der Waals surface area contributed by atoms with Crippen LogP contribution in [0.4, 0.5) is 4.39 Å². The summed E-state index contributed by atoms with van der Waals surface area (Å²) in [5, 5.41) is 0. The van der Waals surface area contributed by atoms with E-state index in [4.69, 9.17) is 10.6 Å². The third kappa shape index (κ3) is 2.58. The first-order valence-electron chi connectivity index (χ1n) is 5.34. The molecule has 0 saturated carbocycles. The SMILES string of the molecule is CCC(C)(OC)C(NN)c1ccc(F)cc1. The van der Waals surface area contributed by atoms with Crippen LogP contribution in [0.25, 0.3) is 0 Å². The van der Waals surface area contributed by atoms with E-state index in [-0.39, 0.29) is 11.9 Å². The molecule has 0 fully saturated rings. The topological polar surface area (TPSA) is 47.3 Å². The van der Waals surface area contributed by atoms with Crippen LogP contribution >= 0.6 is 0 Å². The molecular weight excluding hydrogens is 207 g/mol. The first-order valence-corrected chi connectivity index (χ1v) is 5.34. The first kappa shape index (κ1) is 13.1. The lowest BCUT2D eigenvalue weighted by Gasteiger charge is -2.35. The van der Waals surface area contributed by atoms with E-state index in [1.165, 1.54) is 12.1 Å². The summed E-state index contributed by atoms with van der Waals surface area (Å²) in [6.07, 6.45) is 0.801. The normalized spacial score (nSPS) is 16.8. The molecule has 1 aromatic rings. The van der Waals surface area contributed by atoms with Crippen LogP contribution < -0.4 is 11.3 Å². The number of methoxy groups -OCH3 is 1.